The van der Waals surface area contributed by atoms with Crippen molar-refractivity contribution in [3.63, 3.8) is 0 Å². The molecule has 0 N–H and O–H groups in total. The van der Waals surface area contributed by atoms with Gasteiger partial charge in [0.15, 0.2) is 0 Å². The van der Waals surface area contributed by atoms with Gasteiger partial charge in [-0.3, -0.25) is 0 Å². The molecule has 1 aliphatic carbocycles. The highest BCUT2D eigenvalue weighted by Gasteiger charge is 2.23. The highest BCUT2D eigenvalue weighted by atomic mass is 32.1. The molecule has 1 saturated heterocycles. The van der Waals surface area contributed by atoms with Gasteiger partial charge >= 0.3 is 0 Å². The highest BCUT2D eigenvalue weighted by molar-refractivity contribution is 7.80. The number of ether oxygens (including phenoxy) is 1. The molecule has 0 spiro atoms. The minimum absolute atomic E-state index is 0.775. The fraction of sp³-hybridized carbons (Fsp3) is 0.474. The Bertz CT molecular complexity index is 720. The zero-order chi connectivity index (χ0) is 16.4. The Kier molecular flexibility index (Phi) is 4.63. The Labute approximate surface area is 148 Å². The van der Waals surface area contributed by atoms with Crippen molar-refractivity contribution in [2.45, 2.75) is 32.1 Å². The number of para-hydroxylation sites is 1. The van der Waals surface area contributed by atoms with Crippen molar-refractivity contribution in [3.05, 3.63) is 47.3 Å². The van der Waals surface area contributed by atoms with Gasteiger partial charge in [-0.25, -0.2) is 4.68 Å². The van der Waals surface area contributed by atoms with Crippen LogP contribution < -0.4 is 0 Å². The summed E-state index contributed by atoms with van der Waals surface area (Å²) >= 11 is 5.71. The normalized spacial score (nSPS) is 17.6. The Hall–Kier alpha value is -1.72. The maximum Gasteiger partial charge on any atom is 0.0842 e. The van der Waals surface area contributed by atoms with Crippen LogP contribution in [0, 0.1) is 0 Å². The molecule has 1 fully saturated rings. The van der Waals surface area contributed by atoms with Crippen LogP contribution in [-0.4, -0.2) is 46.0 Å². The minimum Gasteiger partial charge on any atom is -0.378 e. The monoisotopic (exact) mass is 341 g/mol. The van der Waals surface area contributed by atoms with Crippen LogP contribution in [0.5, 0.6) is 0 Å². The molecule has 2 aliphatic rings. The summed E-state index contributed by atoms with van der Waals surface area (Å²) in [6.45, 7) is 3.36. The fourth-order valence-electron chi connectivity index (χ4n) is 3.67. The van der Waals surface area contributed by atoms with Gasteiger partial charge in [-0.15, -0.1) is 0 Å². The Morgan fingerprint density at radius 1 is 1.08 bits per heavy atom. The molecule has 0 atom stereocenters. The Balaban J connectivity index is 1.63. The van der Waals surface area contributed by atoms with Crippen molar-refractivity contribution in [2.75, 3.05) is 26.3 Å². The van der Waals surface area contributed by atoms with Gasteiger partial charge < -0.3 is 9.64 Å². The van der Waals surface area contributed by atoms with E-state index in [0.717, 1.165) is 56.2 Å². The molecule has 0 radical (unpaired) electrons. The molecule has 0 saturated carbocycles. The molecule has 1 aliphatic heterocycles. The van der Waals surface area contributed by atoms with E-state index in [1.54, 1.807) is 0 Å². The van der Waals surface area contributed by atoms with E-state index in [0.29, 0.717) is 0 Å². The third-order valence-corrected chi connectivity index (χ3v) is 5.35. The second-order valence-electron chi connectivity index (χ2n) is 6.50. The van der Waals surface area contributed by atoms with Gasteiger partial charge in [0.2, 0.25) is 0 Å². The van der Waals surface area contributed by atoms with Crippen LogP contribution in [0.4, 0.5) is 0 Å². The summed E-state index contributed by atoms with van der Waals surface area (Å²) in [5.74, 6) is 0. The number of morpholine rings is 1. The van der Waals surface area contributed by atoms with Crippen molar-refractivity contribution >= 4 is 17.2 Å². The topological polar surface area (TPSA) is 30.3 Å². The number of hydrogen-bond donors (Lipinski definition) is 0. The lowest BCUT2D eigenvalue weighted by atomic mass is 9.94. The van der Waals surface area contributed by atoms with E-state index in [-0.39, 0.29) is 0 Å². The highest BCUT2D eigenvalue weighted by Crippen LogP contribution is 2.27. The summed E-state index contributed by atoms with van der Waals surface area (Å²) in [4.78, 5) is 3.28. The van der Waals surface area contributed by atoms with Crippen LogP contribution in [0.25, 0.3) is 5.69 Å². The maximum absolute atomic E-state index is 5.71. The maximum atomic E-state index is 5.71. The van der Waals surface area contributed by atoms with Crippen molar-refractivity contribution in [1.82, 2.24) is 14.7 Å². The third kappa shape index (κ3) is 3.10. The van der Waals surface area contributed by atoms with Gasteiger partial charge in [0, 0.05) is 25.2 Å². The van der Waals surface area contributed by atoms with Crippen molar-refractivity contribution in [1.29, 1.82) is 0 Å². The summed E-state index contributed by atoms with van der Waals surface area (Å²) in [6, 6.07) is 10.5. The number of thiocarbonyl (C=S) groups is 1. The first-order chi connectivity index (χ1) is 11.8. The van der Waals surface area contributed by atoms with Gasteiger partial charge in [0.05, 0.1) is 29.6 Å². The summed E-state index contributed by atoms with van der Waals surface area (Å²) in [5.41, 5.74) is 5.14. The van der Waals surface area contributed by atoms with Gasteiger partial charge in [-0.05, 0) is 43.4 Å². The van der Waals surface area contributed by atoms with E-state index < -0.39 is 0 Å². The zero-order valence-corrected chi connectivity index (χ0v) is 14.7. The van der Waals surface area contributed by atoms with Gasteiger partial charge in [0.25, 0.3) is 0 Å². The lowest BCUT2D eigenvalue weighted by molar-refractivity contribution is 0.0684. The number of rotatable bonds is 3. The number of fused-ring (bicyclic) bond motifs is 1. The van der Waals surface area contributed by atoms with E-state index in [1.165, 1.54) is 29.8 Å². The average molecular weight is 341 g/mol. The first-order valence-electron chi connectivity index (χ1n) is 8.83. The first kappa shape index (κ1) is 15.8. The third-order valence-electron chi connectivity index (χ3n) is 4.95. The Morgan fingerprint density at radius 2 is 1.83 bits per heavy atom. The van der Waals surface area contributed by atoms with Crippen LogP contribution in [0.2, 0.25) is 0 Å². The van der Waals surface area contributed by atoms with E-state index in [1.807, 2.05) is 6.07 Å². The molecule has 0 amide bonds. The average Bonchev–Trinajstić information content (AvgIpc) is 3.02. The molecule has 4 nitrogen and oxygen atoms in total. The van der Waals surface area contributed by atoms with E-state index in [2.05, 4.69) is 33.8 Å². The predicted molar refractivity (Wildman–Crippen MR) is 98.9 cm³/mol. The molecule has 2 heterocycles. The van der Waals surface area contributed by atoms with Crippen LogP contribution in [0.15, 0.2) is 30.3 Å². The molecule has 4 rings (SSSR count). The lowest BCUT2D eigenvalue weighted by Crippen LogP contribution is -2.40. The van der Waals surface area contributed by atoms with Crippen LogP contribution in [0.1, 0.15) is 29.8 Å². The SMILES string of the molecule is S=C(Cc1nn(-c2ccccc2)c2c1CCCC2)N1CCOCC1. The van der Waals surface area contributed by atoms with Crippen LogP contribution >= 0.6 is 12.2 Å². The molecule has 126 valence electrons. The number of hydrogen-bond acceptors (Lipinski definition) is 3. The fourth-order valence-corrected chi connectivity index (χ4v) is 3.99. The largest absolute Gasteiger partial charge is 0.378 e. The molecule has 2 aromatic rings. The van der Waals surface area contributed by atoms with E-state index >= 15 is 0 Å². The minimum atomic E-state index is 0.775. The summed E-state index contributed by atoms with van der Waals surface area (Å²) < 4.78 is 7.58. The van der Waals surface area contributed by atoms with Gasteiger partial charge in [-0.2, -0.15) is 5.10 Å². The van der Waals surface area contributed by atoms with Crippen LogP contribution in [0.3, 0.4) is 0 Å². The second-order valence-corrected chi connectivity index (χ2v) is 6.97. The predicted octanol–water partition coefficient (Wildman–Crippen LogP) is 2.95. The summed E-state index contributed by atoms with van der Waals surface area (Å²) in [6.07, 6.45) is 5.52. The smallest absolute Gasteiger partial charge is 0.0842 e. The molecular weight excluding hydrogens is 318 g/mol. The number of aromatic nitrogens is 2. The summed E-state index contributed by atoms with van der Waals surface area (Å²) in [7, 11) is 0. The molecule has 1 aromatic heterocycles. The molecular formula is C19H23N3OS. The van der Waals surface area contributed by atoms with E-state index in [9.17, 15) is 0 Å². The van der Waals surface area contributed by atoms with Crippen molar-refractivity contribution in [3.8, 4) is 5.69 Å². The van der Waals surface area contributed by atoms with Gasteiger partial charge in [0.1, 0.15) is 0 Å². The van der Waals surface area contributed by atoms with Crippen molar-refractivity contribution in [2.24, 2.45) is 0 Å². The van der Waals surface area contributed by atoms with Gasteiger partial charge in [-0.1, -0.05) is 30.4 Å². The van der Waals surface area contributed by atoms with Crippen molar-refractivity contribution < 1.29 is 4.74 Å². The molecule has 0 unspecified atom stereocenters. The zero-order valence-electron chi connectivity index (χ0n) is 13.9. The van der Waals surface area contributed by atoms with Crippen LogP contribution in [-0.2, 0) is 24.0 Å². The molecule has 5 heteroatoms. The molecule has 1 aromatic carbocycles. The Morgan fingerprint density at radius 3 is 2.62 bits per heavy atom. The number of nitrogens with zero attached hydrogens (tertiary/aromatic N) is 3. The second kappa shape index (κ2) is 7.03. The van der Waals surface area contributed by atoms with E-state index in [4.69, 9.17) is 22.1 Å². The molecule has 24 heavy (non-hydrogen) atoms. The standard InChI is InChI=1S/C19H23N3OS/c24-19(21-10-12-23-13-11-21)14-17-16-8-4-5-9-18(16)22(20-17)15-6-2-1-3-7-15/h1-3,6-7H,4-5,8-14H2. The summed E-state index contributed by atoms with van der Waals surface area (Å²) in [5, 5.41) is 4.97. The lowest BCUT2D eigenvalue weighted by Gasteiger charge is -2.29. The number of benzene rings is 1. The quantitative estimate of drug-likeness (QED) is 0.803. The molecule has 0 bridgehead atoms. The first-order valence-corrected chi connectivity index (χ1v) is 9.24.